The van der Waals surface area contributed by atoms with Crippen LogP contribution in [0.5, 0.6) is 0 Å². The van der Waals surface area contributed by atoms with E-state index < -0.39 is 0 Å². The van der Waals surface area contributed by atoms with Crippen molar-refractivity contribution in [3.05, 3.63) is 0 Å². The molecule has 1 aliphatic rings. The molecule has 0 saturated heterocycles. The van der Waals surface area contributed by atoms with Gasteiger partial charge in [-0.2, -0.15) is 0 Å². The normalized spacial score (nSPS) is 24.2. The van der Waals surface area contributed by atoms with Crippen molar-refractivity contribution in [1.82, 2.24) is 0 Å². The first kappa shape index (κ1) is 17.9. The van der Waals surface area contributed by atoms with Gasteiger partial charge in [-0.25, -0.2) is 0 Å². The molecule has 0 aliphatic heterocycles. The molecule has 0 aromatic rings. The van der Waals surface area contributed by atoms with E-state index in [9.17, 15) is 0 Å². The van der Waals surface area contributed by atoms with Crippen LogP contribution in [0.2, 0.25) is 0 Å². The monoisotopic (exact) mass is 174 g/mol. The van der Waals surface area contributed by atoms with E-state index in [1.54, 1.807) is 0 Å². The fourth-order valence-corrected chi connectivity index (χ4v) is 1.50. The van der Waals surface area contributed by atoms with Crippen LogP contribution in [0, 0.1) is 11.3 Å². The number of hydrogen-bond donors (Lipinski definition) is 0. The first-order valence-electron chi connectivity index (χ1n) is 4.63. The molecular formula is C12H30. The molecule has 0 aromatic carbocycles. The first-order chi connectivity index (χ1) is 4.63. The summed E-state index contributed by atoms with van der Waals surface area (Å²) in [5.74, 6) is 0.961. The van der Waals surface area contributed by atoms with Gasteiger partial charge < -0.3 is 0 Å². The summed E-state index contributed by atoms with van der Waals surface area (Å²) in [5.41, 5.74) is 0.653. The van der Waals surface area contributed by atoms with Crippen molar-refractivity contribution in [2.45, 2.75) is 68.7 Å². The summed E-state index contributed by atoms with van der Waals surface area (Å²) in [6.07, 6.45) is 4.34. The first-order valence-corrected chi connectivity index (χ1v) is 4.63. The Kier molecular flexibility index (Phi) is 11.4. The SMILES string of the molecule is C.C.CC.CC1CCCC1(C)C. The lowest BCUT2D eigenvalue weighted by Crippen LogP contribution is -2.13. The zero-order chi connectivity index (χ0) is 8.20. The number of rotatable bonds is 0. The van der Waals surface area contributed by atoms with E-state index in [2.05, 4.69) is 20.8 Å². The Morgan fingerprint density at radius 1 is 1.08 bits per heavy atom. The third kappa shape index (κ3) is 4.79. The Morgan fingerprint density at radius 3 is 1.58 bits per heavy atom. The van der Waals surface area contributed by atoms with Crippen LogP contribution in [-0.2, 0) is 0 Å². The summed E-state index contributed by atoms with van der Waals surface area (Å²) >= 11 is 0. The molecule has 0 bridgehead atoms. The Morgan fingerprint density at radius 2 is 1.50 bits per heavy atom. The molecule has 0 N–H and O–H groups in total. The summed E-state index contributed by atoms with van der Waals surface area (Å²) in [6, 6.07) is 0. The van der Waals surface area contributed by atoms with Crippen LogP contribution in [0.4, 0.5) is 0 Å². The van der Waals surface area contributed by atoms with Gasteiger partial charge in [-0.3, -0.25) is 0 Å². The molecular weight excluding hydrogens is 144 g/mol. The van der Waals surface area contributed by atoms with Gasteiger partial charge in [0.15, 0.2) is 0 Å². The van der Waals surface area contributed by atoms with E-state index in [1.165, 1.54) is 19.3 Å². The minimum absolute atomic E-state index is 0. The van der Waals surface area contributed by atoms with Crippen LogP contribution >= 0.6 is 0 Å². The van der Waals surface area contributed by atoms with E-state index in [-0.39, 0.29) is 14.9 Å². The summed E-state index contributed by atoms with van der Waals surface area (Å²) in [7, 11) is 0. The highest BCUT2D eigenvalue weighted by Crippen LogP contribution is 2.41. The quantitative estimate of drug-likeness (QED) is 0.477. The maximum Gasteiger partial charge on any atom is -0.0329 e. The molecule has 0 radical (unpaired) electrons. The predicted molar refractivity (Wildman–Crippen MR) is 61.6 cm³/mol. The third-order valence-electron chi connectivity index (χ3n) is 2.79. The predicted octanol–water partition coefficient (Wildman–Crippen LogP) is 5.13. The average molecular weight is 174 g/mol. The van der Waals surface area contributed by atoms with Crippen LogP contribution in [-0.4, -0.2) is 0 Å². The zero-order valence-electron chi connectivity index (χ0n) is 8.20. The van der Waals surface area contributed by atoms with Gasteiger partial charge in [0, 0.05) is 0 Å². The molecule has 12 heavy (non-hydrogen) atoms. The Bertz CT molecular complexity index is 82.0. The Labute approximate surface area is 80.8 Å². The third-order valence-corrected chi connectivity index (χ3v) is 2.79. The largest absolute Gasteiger partial charge is 0.0776 e. The van der Waals surface area contributed by atoms with E-state index in [1.807, 2.05) is 13.8 Å². The van der Waals surface area contributed by atoms with Crippen molar-refractivity contribution in [1.29, 1.82) is 0 Å². The van der Waals surface area contributed by atoms with Gasteiger partial charge in [0.1, 0.15) is 0 Å². The van der Waals surface area contributed by atoms with Gasteiger partial charge in [-0.05, 0) is 17.8 Å². The van der Waals surface area contributed by atoms with Crippen molar-refractivity contribution in [2.75, 3.05) is 0 Å². The molecule has 0 heteroatoms. The van der Waals surface area contributed by atoms with Gasteiger partial charge in [0.2, 0.25) is 0 Å². The van der Waals surface area contributed by atoms with Crippen LogP contribution in [0.1, 0.15) is 68.7 Å². The molecule has 1 saturated carbocycles. The molecule has 1 aliphatic carbocycles. The van der Waals surface area contributed by atoms with Gasteiger partial charge >= 0.3 is 0 Å². The highest BCUT2D eigenvalue weighted by atomic mass is 14.4. The maximum absolute atomic E-state index is 2.38. The lowest BCUT2D eigenvalue weighted by Gasteiger charge is -2.22. The van der Waals surface area contributed by atoms with Crippen molar-refractivity contribution >= 4 is 0 Å². The molecule has 78 valence electrons. The van der Waals surface area contributed by atoms with E-state index >= 15 is 0 Å². The second-order valence-corrected chi connectivity index (χ2v) is 3.78. The Balaban J connectivity index is -0.000000189. The van der Waals surface area contributed by atoms with E-state index in [0.29, 0.717) is 5.41 Å². The second kappa shape index (κ2) is 7.64. The van der Waals surface area contributed by atoms with Crippen molar-refractivity contribution in [3.63, 3.8) is 0 Å². The fourth-order valence-electron chi connectivity index (χ4n) is 1.50. The topological polar surface area (TPSA) is 0 Å². The summed E-state index contributed by atoms with van der Waals surface area (Å²) in [6.45, 7) is 11.1. The fraction of sp³-hybridized carbons (Fsp3) is 1.00. The average Bonchev–Trinajstić information content (AvgIpc) is 2.17. The molecule has 0 aromatic heterocycles. The van der Waals surface area contributed by atoms with Gasteiger partial charge in [0.05, 0.1) is 0 Å². The minimum Gasteiger partial charge on any atom is -0.0776 e. The van der Waals surface area contributed by atoms with Gasteiger partial charge in [-0.1, -0.05) is 62.3 Å². The molecule has 0 nitrogen and oxygen atoms in total. The van der Waals surface area contributed by atoms with E-state index in [4.69, 9.17) is 0 Å². The lowest BCUT2D eigenvalue weighted by atomic mass is 9.83. The molecule has 1 unspecified atom stereocenters. The van der Waals surface area contributed by atoms with Crippen LogP contribution in [0.25, 0.3) is 0 Å². The summed E-state index contributed by atoms with van der Waals surface area (Å²) in [4.78, 5) is 0. The molecule has 1 rings (SSSR count). The van der Waals surface area contributed by atoms with Crippen molar-refractivity contribution in [2.24, 2.45) is 11.3 Å². The van der Waals surface area contributed by atoms with Crippen LogP contribution in [0.15, 0.2) is 0 Å². The Hall–Kier alpha value is 0. The lowest BCUT2D eigenvalue weighted by molar-refractivity contribution is 0.281. The van der Waals surface area contributed by atoms with Crippen LogP contribution < -0.4 is 0 Å². The summed E-state index contributed by atoms with van der Waals surface area (Å²) in [5, 5.41) is 0. The van der Waals surface area contributed by atoms with Crippen molar-refractivity contribution < 1.29 is 0 Å². The molecule has 1 atom stereocenters. The zero-order valence-corrected chi connectivity index (χ0v) is 8.20. The molecule has 1 fully saturated rings. The highest BCUT2D eigenvalue weighted by molar-refractivity contribution is 4.81. The minimum atomic E-state index is 0. The van der Waals surface area contributed by atoms with Crippen molar-refractivity contribution in [3.8, 4) is 0 Å². The molecule has 0 heterocycles. The smallest absolute Gasteiger partial charge is 0.0329 e. The van der Waals surface area contributed by atoms with Crippen LogP contribution in [0.3, 0.4) is 0 Å². The van der Waals surface area contributed by atoms with Gasteiger partial charge in [-0.15, -0.1) is 0 Å². The maximum atomic E-state index is 2.38. The highest BCUT2D eigenvalue weighted by Gasteiger charge is 2.30. The standard InChI is InChI=1S/C8H16.C2H6.2CH4/c1-7-5-4-6-8(7,2)3;1-2;;/h7H,4-6H2,1-3H3;1-2H3;2*1H4. The second-order valence-electron chi connectivity index (χ2n) is 3.78. The van der Waals surface area contributed by atoms with E-state index in [0.717, 1.165) is 5.92 Å². The summed E-state index contributed by atoms with van der Waals surface area (Å²) < 4.78 is 0. The van der Waals surface area contributed by atoms with Gasteiger partial charge in [0.25, 0.3) is 0 Å². The molecule has 0 amide bonds. The molecule has 0 spiro atoms. The number of hydrogen-bond acceptors (Lipinski definition) is 0.